The van der Waals surface area contributed by atoms with Gasteiger partial charge in [0, 0.05) is 19.3 Å². The Morgan fingerprint density at radius 1 is 1.23 bits per heavy atom. The largest absolute Gasteiger partial charge is 0.466 e. The molecule has 0 bridgehead atoms. The summed E-state index contributed by atoms with van der Waals surface area (Å²) in [5.74, 6) is 2.34. The van der Waals surface area contributed by atoms with Crippen LogP contribution in [0.1, 0.15) is 79.6 Å². The van der Waals surface area contributed by atoms with E-state index in [4.69, 9.17) is 4.74 Å². The Morgan fingerprint density at radius 2 is 1.97 bits per heavy atom. The molecule has 9 atom stereocenters. The number of hydrogen-bond donors (Lipinski definition) is 1. The van der Waals surface area contributed by atoms with Gasteiger partial charge in [0.2, 0.25) is 0 Å². The zero-order valence-electron chi connectivity index (χ0n) is 19.4. The van der Waals surface area contributed by atoms with Crippen LogP contribution in [0.5, 0.6) is 0 Å². The molecule has 4 nitrogen and oxygen atoms in total. The van der Waals surface area contributed by atoms with Crippen molar-refractivity contribution in [2.45, 2.75) is 85.7 Å². The summed E-state index contributed by atoms with van der Waals surface area (Å²) in [5.41, 5.74) is 1.50. The number of aliphatic hydroxyl groups is 1. The highest BCUT2D eigenvalue weighted by molar-refractivity contribution is 5.91. The number of fused-ring (bicyclic) bond motifs is 5. The van der Waals surface area contributed by atoms with Crippen LogP contribution in [0.2, 0.25) is 0 Å². The van der Waals surface area contributed by atoms with E-state index >= 15 is 0 Å². The third-order valence-corrected chi connectivity index (χ3v) is 9.97. The van der Waals surface area contributed by atoms with Gasteiger partial charge in [0.05, 0.1) is 12.7 Å². The van der Waals surface area contributed by atoms with Crippen LogP contribution in [0.3, 0.4) is 0 Å². The van der Waals surface area contributed by atoms with Crippen molar-refractivity contribution in [2.75, 3.05) is 6.61 Å². The van der Waals surface area contributed by atoms with Gasteiger partial charge in [-0.15, -0.1) is 0 Å². The van der Waals surface area contributed by atoms with Crippen molar-refractivity contribution in [1.29, 1.82) is 0 Å². The zero-order chi connectivity index (χ0) is 21.8. The van der Waals surface area contributed by atoms with Crippen molar-refractivity contribution in [3.8, 4) is 0 Å². The minimum Gasteiger partial charge on any atom is -0.466 e. The first-order chi connectivity index (χ1) is 14.1. The maximum atomic E-state index is 12.3. The molecular weight excluding hydrogens is 376 g/mol. The van der Waals surface area contributed by atoms with Crippen LogP contribution in [-0.4, -0.2) is 29.6 Å². The van der Waals surface area contributed by atoms with Crippen LogP contribution in [0.4, 0.5) is 0 Å². The highest BCUT2D eigenvalue weighted by Crippen LogP contribution is 2.68. The molecule has 30 heavy (non-hydrogen) atoms. The second-order valence-corrected chi connectivity index (χ2v) is 11.3. The SMILES string of the molecule is CC[C@@H]1C2=CC(=O)CC[C@]2(C)C2CC[C@@]3(C)C(CC[C@@H]3[C@H](C)COC(C)=O)C2C1O. The number of carbonyl (C=O) groups is 2. The molecule has 168 valence electrons. The minimum atomic E-state index is -0.350. The molecule has 3 saturated carbocycles. The average Bonchev–Trinajstić information content (AvgIpc) is 3.05. The van der Waals surface area contributed by atoms with Crippen LogP contribution in [0.15, 0.2) is 11.6 Å². The van der Waals surface area contributed by atoms with E-state index < -0.39 is 0 Å². The number of carbonyl (C=O) groups excluding carboxylic acids is 2. The Kier molecular flexibility index (Phi) is 5.70. The molecule has 0 aliphatic heterocycles. The summed E-state index contributed by atoms with van der Waals surface area (Å²) in [4.78, 5) is 23.6. The third-order valence-electron chi connectivity index (χ3n) is 9.97. The van der Waals surface area contributed by atoms with Gasteiger partial charge in [-0.05, 0) is 85.0 Å². The summed E-state index contributed by atoms with van der Waals surface area (Å²) >= 11 is 0. The molecule has 4 rings (SSSR count). The van der Waals surface area contributed by atoms with E-state index in [0.717, 1.165) is 32.1 Å². The number of ether oxygens (including phenoxy) is 1. The smallest absolute Gasteiger partial charge is 0.302 e. The summed E-state index contributed by atoms with van der Waals surface area (Å²) < 4.78 is 5.37. The van der Waals surface area contributed by atoms with Gasteiger partial charge in [-0.3, -0.25) is 9.59 Å². The summed E-state index contributed by atoms with van der Waals surface area (Å²) in [6.07, 6.45) is 8.67. The van der Waals surface area contributed by atoms with E-state index in [2.05, 4.69) is 27.7 Å². The first-order valence-corrected chi connectivity index (χ1v) is 12.2. The quantitative estimate of drug-likeness (QED) is 0.659. The fourth-order valence-corrected chi connectivity index (χ4v) is 8.54. The number of esters is 1. The molecule has 4 unspecified atom stereocenters. The van der Waals surface area contributed by atoms with Gasteiger partial charge in [-0.1, -0.05) is 33.3 Å². The van der Waals surface area contributed by atoms with Gasteiger partial charge in [0.15, 0.2) is 5.78 Å². The minimum absolute atomic E-state index is 0.0568. The predicted octanol–water partition coefficient (Wildman–Crippen LogP) is 4.94. The topological polar surface area (TPSA) is 63.6 Å². The maximum absolute atomic E-state index is 12.3. The molecule has 0 aromatic carbocycles. The fourth-order valence-electron chi connectivity index (χ4n) is 8.54. The second kappa shape index (κ2) is 7.76. The van der Waals surface area contributed by atoms with E-state index in [9.17, 15) is 14.7 Å². The average molecular weight is 417 g/mol. The molecule has 0 heterocycles. The number of aliphatic hydroxyl groups excluding tert-OH is 1. The molecule has 0 saturated heterocycles. The van der Waals surface area contributed by atoms with Gasteiger partial charge >= 0.3 is 5.97 Å². The molecule has 0 radical (unpaired) electrons. The van der Waals surface area contributed by atoms with E-state index in [0.29, 0.717) is 42.6 Å². The van der Waals surface area contributed by atoms with Gasteiger partial charge < -0.3 is 9.84 Å². The van der Waals surface area contributed by atoms with Gasteiger partial charge in [0.1, 0.15) is 0 Å². The van der Waals surface area contributed by atoms with Crippen LogP contribution >= 0.6 is 0 Å². The molecule has 4 aliphatic rings. The molecular formula is C26H40O4. The van der Waals surface area contributed by atoms with Gasteiger partial charge in [-0.25, -0.2) is 0 Å². The molecule has 0 amide bonds. The molecule has 3 fully saturated rings. The van der Waals surface area contributed by atoms with E-state index in [-0.39, 0.29) is 34.6 Å². The van der Waals surface area contributed by atoms with E-state index in [1.165, 1.54) is 18.9 Å². The lowest BCUT2D eigenvalue weighted by Crippen LogP contribution is -2.58. The Balaban J connectivity index is 1.65. The molecule has 0 aromatic rings. The van der Waals surface area contributed by atoms with E-state index in [1.807, 2.05) is 6.08 Å². The highest BCUT2D eigenvalue weighted by atomic mass is 16.5. The summed E-state index contributed by atoms with van der Waals surface area (Å²) in [5, 5.41) is 11.6. The Labute approximate surface area is 181 Å². The Bertz CT molecular complexity index is 741. The zero-order valence-corrected chi connectivity index (χ0v) is 19.4. The first-order valence-electron chi connectivity index (χ1n) is 12.2. The van der Waals surface area contributed by atoms with Crippen molar-refractivity contribution >= 4 is 11.8 Å². The molecule has 4 aliphatic carbocycles. The van der Waals surface area contributed by atoms with Gasteiger partial charge in [0.25, 0.3) is 0 Å². The highest BCUT2D eigenvalue weighted by Gasteiger charge is 2.63. The van der Waals surface area contributed by atoms with Gasteiger partial charge in [-0.2, -0.15) is 0 Å². The van der Waals surface area contributed by atoms with Crippen molar-refractivity contribution in [1.82, 2.24) is 0 Å². The van der Waals surface area contributed by atoms with Crippen molar-refractivity contribution < 1.29 is 19.4 Å². The van der Waals surface area contributed by atoms with Crippen LogP contribution < -0.4 is 0 Å². The Hall–Kier alpha value is -1.16. The predicted molar refractivity (Wildman–Crippen MR) is 117 cm³/mol. The lowest BCUT2D eigenvalue weighted by atomic mass is 9.43. The van der Waals surface area contributed by atoms with Crippen molar-refractivity contribution in [2.24, 2.45) is 46.3 Å². The Morgan fingerprint density at radius 3 is 2.63 bits per heavy atom. The molecule has 1 N–H and O–H groups in total. The van der Waals surface area contributed by atoms with Crippen molar-refractivity contribution in [3.63, 3.8) is 0 Å². The summed E-state index contributed by atoms with van der Waals surface area (Å²) in [7, 11) is 0. The second-order valence-electron chi connectivity index (χ2n) is 11.3. The monoisotopic (exact) mass is 416 g/mol. The fraction of sp³-hybridized carbons (Fsp3) is 0.846. The van der Waals surface area contributed by atoms with Crippen LogP contribution in [0, 0.1) is 46.3 Å². The summed E-state index contributed by atoms with van der Waals surface area (Å²) in [6.45, 7) is 11.2. The van der Waals surface area contributed by atoms with Crippen LogP contribution in [-0.2, 0) is 14.3 Å². The summed E-state index contributed by atoms with van der Waals surface area (Å²) in [6, 6.07) is 0. The lowest BCUT2D eigenvalue weighted by molar-refractivity contribution is -0.146. The number of rotatable bonds is 4. The maximum Gasteiger partial charge on any atom is 0.302 e. The molecule has 0 aromatic heterocycles. The third kappa shape index (κ3) is 3.20. The molecule has 4 heteroatoms. The van der Waals surface area contributed by atoms with E-state index in [1.54, 1.807) is 0 Å². The number of ketones is 1. The number of hydrogen-bond acceptors (Lipinski definition) is 4. The molecule has 0 spiro atoms. The van der Waals surface area contributed by atoms with Crippen molar-refractivity contribution in [3.05, 3.63) is 11.6 Å². The lowest BCUT2D eigenvalue weighted by Gasteiger charge is -2.61. The van der Waals surface area contributed by atoms with Crippen LogP contribution in [0.25, 0.3) is 0 Å². The first kappa shape index (κ1) is 22.0. The standard InChI is InChI=1S/C26H40O4/c1-6-18-22-13-17(28)9-11-26(22,5)21-10-12-25(4)19(15(2)14-30-16(3)27)7-8-20(25)23(21)24(18)29/h13,15,18-21,23-24,29H,6-12,14H2,1-5H3/t15-,18-,19-,20?,21?,23?,24?,25-,26-/m1/s1. The normalized spacial score (nSPS) is 46.3.